The Hall–Kier alpha value is -6.66. The number of benzene rings is 3. The van der Waals surface area contributed by atoms with Crippen molar-refractivity contribution in [3.8, 4) is 0 Å². The van der Waals surface area contributed by atoms with Gasteiger partial charge in [-0.1, -0.05) is 0 Å². The van der Waals surface area contributed by atoms with Crippen molar-refractivity contribution >= 4 is 52.0 Å². The molecule has 0 amide bonds. The Morgan fingerprint density at radius 1 is 0.370 bits per heavy atom. The van der Waals surface area contributed by atoms with Crippen molar-refractivity contribution in [2.45, 2.75) is 0 Å². The van der Waals surface area contributed by atoms with Gasteiger partial charge in [0.2, 0.25) is 0 Å². The van der Waals surface area contributed by atoms with Gasteiger partial charge in [-0.05, 0) is 0 Å². The van der Waals surface area contributed by atoms with Crippen molar-refractivity contribution in [1.82, 2.24) is 0 Å². The quantitative estimate of drug-likeness (QED) is 0.214. The molecule has 3 aromatic rings. The van der Waals surface area contributed by atoms with Crippen molar-refractivity contribution in [3.05, 3.63) is 132 Å². The molecule has 0 aliphatic rings. The van der Waals surface area contributed by atoms with E-state index in [1.807, 2.05) is 0 Å². The van der Waals surface area contributed by atoms with Gasteiger partial charge in [0.15, 0.2) is 0 Å². The minimum atomic E-state index is -1.46. The van der Waals surface area contributed by atoms with Crippen LogP contribution in [0.25, 0.3) is 0 Å². The van der Waals surface area contributed by atoms with Crippen LogP contribution in [-0.4, -0.2) is 62.8 Å². The van der Waals surface area contributed by atoms with Gasteiger partial charge in [-0.15, -0.1) is 0 Å². The molecular formula is C21H12N6O18Sc. The molecule has 237 valence electrons. The second kappa shape index (κ2) is 16.8. The normalized spacial score (nSPS) is 9.39. The summed E-state index contributed by atoms with van der Waals surface area (Å²) in [5, 5.41) is 87.7. The van der Waals surface area contributed by atoms with E-state index in [0.717, 1.165) is 36.4 Å². The molecule has 0 aliphatic carbocycles. The smallest absolute Gasteiger partial charge is 0.336 e. The molecule has 0 saturated heterocycles. The summed E-state index contributed by atoms with van der Waals surface area (Å²) >= 11 is 0. The first-order valence-electron chi connectivity index (χ1n) is 10.8. The topological polar surface area (TPSA) is 371 Å². The monoisotopic (exact) mass is 681 g/mol. The average Bonchev–Trinajstić information content (AvgIpc) is 2.96. The number of hydrogen-bond donors (Lipinski definition) is 3. The number of carbonyl (C=O) groups is 3. The van der Waals surface area contributed by atoms with Gasteiger partial charge in [-0.3, -0.25) is 60.7 Å². The molecule has 0 saturated carbocycles. The molecule has 3 rings (SSSR count). The Labute approximate surface area is 268 Å². The van der Waals surface area contributed by atoms with Gasteiger partial charge >= 0.3 is 17.9 Å². The number of nitro groups is 6. The van der Waals surface area contributed by atoms with Crippen LogP contribution in [0.2, 0.25) is 0 Å². The Balaban J connectivity index is 0.000000653. The van der Waals surface area contributed by atoms with Crippen molar-refractivity contribution in [2.75, 3.05) is 0 Å². The number of hydrogen-bond acceptors (Lipinski definition) is 15. The SMILES string of the molecule is O=C(O)c1cc([N+](=O)[O-])cc([N+](=O)[O-])c1.O=C(O)c1cc([N+](=O)[O-])cc([N+](=O)[O-])c1.O=C(O)c1cc([N+](=O)[O-])cc([N+](=O)[O-])c1.[Sc]. The van der Waals surface area contributed by atoms with Crippen LogP contribution >= 0.6 is 0 Å². The molecule has 0 fully saturated rings. The molecule has 25 heteroatoms. The van der Waals surface area contributed by atoms with Crippen LogP contribution in [-0.2, 0) is 25.8 Å². The molecule has 0 unspecified atom stereocenters. The van der Waals surface area contributed by atoms with E-state index in [4.69, 9.17) is 15.3 Å². The van der Waals surface area contributed by atoms with Crippen LogP contribution in [0.15, 0.2) is 54.6 Å². The fourth-order valence-electron chi connectivity index (χ4n) is 2.79. The van der Waals surface area contributed by atoms with E-state index in [1.54, 1.807) is 0 Å². The summed E-state index contributed by atoms with van der Waals surface area (Å²) in [4.78, 5) is 88.2. The second-order valence-corrected chi connectivity index (χ2v) is 7.67. The molecule has 0 aliphatic heterocycles. The number of nitrogens with zero attached hydrogens (tertiary/aromatic N) is 6. The van der Waals surface area contributed by atoms with E-state index in [-0.39, 0.29) is 25.8 Å². The van der Waals surface area contributed by atoms with E-state index in [1.165, 1.54) is 0 Å². The Morgan fingerprint density at radius 3 is 0.587 bits per heavy atom. The molecule has 0 spiro atoms. The first kappa shape index (κ1) is 39.3. The minimum absolute atomic E-state index is 0. The summed E-state index contributed by atoms with van der Waals surface area (Å²) in [5.74, 6) is -4.37. The first-order valence-corrected chi connectivity index (χ1v) is 10.8. The van der Waals surface area contributed by atoms with Gasteiger partial charge in [0.25, 0.3) is 34.1 Å². The van der Waals surface area contributed by atoms with Crippen molar-refractivity contribution in [2.24, 2.45) is 0 Å². The predicted octanol–water partition coefficient (Wildman–Crippen LogP) is 3.60. The average molecular weight is 681 g/mol. The third-order valence-corrected chi connectivity index (χ3v) is 4.71. The molecule has 0 bridgehead atoms. The van der Waals surface area contributed by atoms with Gasteiger partial charge in [-0.2, -0.15) is 0 Å². The third-order valence-electron chi connectivity index (χ3n) is 4.71. The van der Waals surface area contributed by atoms with Crippen LogP contribution in [0.5, 0.6) is 0 Å². The van der Waals surface area contributed by atoms with Crippen molar-refractivity contribution in [1.29, 1.82) is 0 Å². The van der Waals surface area contributed by atoms with Gasteiger partial charge < -0.3 is 15.3 Å². The first-order chi connectivity index (χ1) is 20.7. The second-order valence-electron chi connectivity index (χ2n) is 7.67. The summed E-state index contributed by atoms with van der Waals surface area (Å²) in [5.41, 5.74) is -5.21. The molecule has 0 heterocycles. The van der Waals surface area contributed by atoms with E-state index < -0.39 is 98.3 Å². The van der Waals surface area contributed by atoms with E-state index >= 15 is 0 Å². The molecular weight excluding hydrogens is 669 g/mol. The van der Waals surface area contributed by atoms with Gasteiger partial charge in [0, 0.05) is 62.2 Å². The summed E-state index contributed by atoms with van der Waals surface area (Å²) in [7, 11) is 0. The predicted molar refractivity (Wildman–Crippen MR) is 140 cm³/mol. The van der Waals surface area contributed by atoms with Gasteiger partial charge in [0.05, 0.1) is 64.4 Å². The van der Waals surface area contributed by atoms with E-state index in [0.29, 0.717) is 18.2 Å². The molecule has 3 aromatic carbocycles. The fourth-order valence-corrected chi connectivity index (χ4v) is 2.79. The maximum Gasteiger partial charge on any atom is 0.336 e. The van der Waals surface area contributed by atoms with Crippen molar-refractivity contribution < 1.29 is 85.1 Å². The number of nitro benzene ring substituents is 6. The van der Waals surface area contributed by atoms with Crippen LogP contribution in [0.3, 0.4) is 0 Å². The maximum atomic E-state index is 10.5. The van der Waals surface area contributed by atoms with Crippen molar-refractivity contribution in [3.63, 3.8) is 0 Å². The molecule has 46 heavy (non-hydrogen) atoms. The van der Waals surface area contributed by atoms with Crippen LogP contribution in [0, 0.1) is 60.7 Å². The summed E-state index contributed by atoms with van der Waals surface area (Å²) in [6, 6.07) is 6.66. The molecule has 24 nitrogen and oxygen atoms in total. The Morgan fingerprint density at radius 2 is 0.500 bits per heavy atom. The molecule has 1 radical (unpaired) electrons. The molecule has 0 aromatic heterocycles. The zero-order valence-electron chi connectivity index (χ0n) is 21.9. The summed E-state index contributed by atoms with van der Waals surface area (Å²) in [6.45, 7) is 0. The number of rotatable bonds is 9. The number of carboxylic acids is 3. The fraction of sp³-hybridized carbons (Fsp3) is 0. The van der Waals surface area contributed by atoms with Crippen LogP contribution in [0.1, 0.15) is 31.1 Å². The third kappa shape index (κ3) is 11.6. The van der Waals surface area contributed by atoms with E-state index in [9.17, 15) is 75.1 Å². The number of non-ortho nitro benzene ring substituents is 6. The standard InChI is InChI=1S/3C7H4N2O6.Sc/c3*10-7(11)4-1-5(8(12)13)3-6(2-4)9(14)15;/h3*1-3H,(H,10,11);. The molecule has 0 atom stereocenters. The largest absolute Gasteiger partial charge is 0.478 e. The van der Waals surface area contributed by atoms with Crippen LogP contribution in [0.4, 0.5) is 34.1 Å². The summed E-state index contributed by atoms with van der Waals surface area (Å²) in [6.07, 6.45) is 0. The number of carboxylic acid groups (broad SMARTS) is 3. The summed E-state index contributed by atoms with van der Waals surface area (Å²) < 4.78 is 0. The molecule has 3 N–H and O–H groups in total. The zero-order chi connectivity index (χ0) is 34.8. The van der Waals surface area contributed by atoms with Gasteiger partial charge in [0.1, 0.15) is 0 Å². The maximum absolute atomic E-state index is 10.5. The van der Waals surface area contributed by atoms with E-state index in [2.05, 4.69) is 0 Å². The number of aromatic carboxylic acids is 3. The van der Waals surface area contributed by atoms with Gasteiger partial charge in [-0.25, -0.2) is 14.4 Å². The zero-order valence-corrected chi connectivity index (χ0v) is 23.7. The minimum Gasteiger partial charge on any atom is -0.478 e. The Kier molecular flexibility index (Phi) is 14.4. The van der Waals surface area contributed by atoms with Crippen LogP contribution < -0.4 is 0 Å². The Bertz CT molecular complexity index is 1340.